The predicted molar refractivity (Wildman–Crippen MR) is 63.9 cm³/mol. The van der Waals surface area contributed by atoms with E-state index in [1.165, 1.54) is 24.1 Å². The zero-order valence-electron chi connectivity index (χ0n) is 10.1. The largest absolute Gasteiger partial charge is 0.418 e. The van der Waals surface area contributed by atoms with Gasteiger partial charge in [0.05, 0.1) is 17.6 Å². The minimum Gasteiger partial charge on any atom is -0.399 e. The molecule has 0 aliphatic rings. The molecule has 98 valence electrons. The van der Waals surface area contributed by atoms with Gasteiger partial charge in [-0.15, -0.1) is 0 Å². The van der Waals surface area contributed by atoms with Gasteiger partial charge in [-0.2, -0.15) is 18.4 Å². The molecule has 0 spiro atoms. The summed E-state index contributed by atoms with van der Waals surface area (Å²) >= 11 is 0. The van der Waals surface area contributed by atoms with Crippen LogP contribution in [0.5, 0.6) is 0 Å². The molecule has 2 N–H and O–H groups in total. The molecule has 0 saturated heterocycles. The van der Waals surface area contributed by atoms with Gasteiger partial charge in [-0.3, -0.25) is 0 Å². The van der Waals surface area contributed by atoms with E-state index < -0.39 is 11.7 Å². The van der Waals surface area contributed by atoms with Crippen LogP contribution in [0.25, 0.3) is 0 Å². The van der Waals surface area contributed by atoms with Crippen molar-refractivity contribution in [2.75, 3.05) is 24.2 Å². The Morgan fingerprint density at radius 2 is 2.06 bits per heavy atom. The normalized spacial score (nSPS) is 12.9. The predicted octanol–water partition coefficient (Wildman–Crippen LogP) is 2.88. The SMILES string of the molecule is CC(C#N)CN(C)c1ccc(N)cc1C(F)(F)F. The number of nitriles is 1. The molecule has 0 amide bonds. The summed E-state index contributed by atoms with van der Waals surface area (Å²) in [6, 6.07) is 5.63. The molecule has 0 aromatic heterocycles. The van der Waals surface area contributed by atoms with Gasteiger partial charge in [0.1, 0.15) is 0 Å². The van der Waals surface area contributed by atoms with E-state index in [4.69, 9.17) is 11.0 Å². The van der Waals surface area contributed by atoms with E-state index in [1.54, 1.807) is 6.92 Å². The lowest BCUT2D eigenvalue weighted by molar-refractivity contribution is -0.137. The summed E-state index contributed by atoms with van der Waals surface area (Å²) in [4.78, 5) is 1.41. The van der Waals surface area contributed by atoms with Crippen LogP contribution in [0.15, 0.2) is 18.2 Å². The van der Waals surface area contributed by atoms with Crippen LogP contribution in [0.2, 0.25) is 0 Å². The molecule has 0 saturated carbocycles. The molecule has 1 rings (SSSR count). The third-order valence-corrected chi connectivity index (χ3v) is 2.51. The second-order valence-electron chi connectivity index (χ2n) is 4.19. The highest BCUT2D eigenvalue weighted by Gasteiger charge is 2.34. The van der Waals surface area contributed by atoms with Crippen molar-refractivity contribution in [1.29, 1.82) is 5.26 Å². The Morgan fingerprint density at radius 3 is 2.56 bits per heavy atom. The molecule has 1 aromatic carbocycles. The van der Waals surface area contributed by atoms with Crippen molar-refractivity contribution in [2.45, 2.75) is 13.1 Å². The molecule has 6 heteroatoms. The standard InChI is InChI=1S/C12H14F3N3/c1-8(6-16)7-18(2)11-4-3-9(17)5-10(11)12(13,14)15/h3-5,8H,7,17H2,1-2H3. The number of hydrogen-bond donors (Lipinski definition) is 1. The van der Waals surface area contributed by atoms with Crippen molar-refractivity contribution in [3.05, 3.63) is 23.8 Å². The molecule has 0 fully saturated rings. The Labute approximate surface area is 104 Å². The number of rotatable bonds is 3. The molecule has 18 heavy (non-hydrogen) atoms. The summed E-state index contributed by atoms with van der Waals surface area (Å²) in [7, 11) is 1.52. The molecule has 1 unspecified atom stereocenters. The smallest absolute Gasteiger partial charge is 0.399 e. The monoisotopic (exact) mass is 257 g/mol. The number of halogens is 3. The second kappa shape index (κ2) is 5.17. The molecular weight excluding hydrogens is 243 g/mol. The van der Waals surface area contributed by atoms with Crippen LogP contribution in [0.1, 0.15) is 12.5 Å². The van der Waals surface area contributed by atoms with Crippen molar-refractivity contribution in [3.8, 4) is 6.07 Å². The summed E-state index contributed by atoms with van der Waals surface area (Å²) in [5, 5.41) is 8.68. The topological polar surface area (TPSA) is 53.0 Å². The van der Waals surface area contributed by atoms with Crippen molar-refractivity contribution in [2.24, 2.45) is 5.92 Å². The van der Waals surface area contributed by atoms with Crippen LogP contribution >= 0.6 is 0 Å². The molecule has 3 nitrogen and oxygen atoms in total. The van der Waals surface area contributed by atoms with Crippen LogP contribution in [0, 0.1) is 17.2 Å². The molecule has 0 aliphatic carbocycles. The summed E-state index contributed by atoms with van der Waals surface area (Å²) in [5.41, 5.74) is 4.69. The van der Waals surface area contributed by atoms with Gasteiger partial charge in [-0.05, 0) is 25.1 Å². The summed E-state index contributed by atoms with van der Waals surface area (Å²) in [5.74, 6) is -0.353. The van der Waals surface area contributed by atoms with Gasteiger partial charge >= 0.3 is 6.18 Å². The maximum absolute atomic E-state index is 12.9. The van der Waals surface area contributed by atoms with E-state index >= 15 is 0 Å². The fourth-order valence-corrected chi connectivity index (χ4v) is 1.66. The Balaban J connectivity index is 3.13. The van der Waals surface area contributed by atoms with E-state index in [9.17, 15) is 13.2 Å². The Kier molecular flexibility index (Phi) is 4.07. The number of nitrogens with two attached hydrogens (primary N) is 1. The number of alkyl halides is 3. The van der Waals surface area contributed by atoms with E-state index in [0.717, 1.165) is 6.07 Å². The number of benzene rings is 1. The lowest BCUT2D eigenvalue weighted by Crippen LogP contribution is -2.26. The first-order valence-electron chi connectivity index (χ1n) is 5.33. The molecule has 1 atom stereocenters. The third kappa shape index (κ3) is 3.29. The number of anilines is 2. The highest BCUT2D eigenvalue weighted by atomic mass is 19.4. The van der Waals surface area contributed by atoms with Gasteiger partial charge in [0.25, 0.3) is 0 Å². The molecule has 1 aromatic rings. The van der Waals surface area contributed by atoms with Crippen molar-refractivity contribution in [3.63, 3.8) is 0 Å². The van der Waals surface area contributed by atoms with Crippen molar-refractivity contribution >= 4 is 11.4 Å². The fraction of sp³-hybridized carbons (Fsp3) is 0.417. The van der Waals surface area contributed by atoms with Crippen LogP contribution in [-0.2, 0) is 6.18 Å². The van der Waals surface area contributed by atoms with Gasteiger partial charge < -0.3 is 10.6 Å². The Bertz CT molecular complexity index is 463. The quantitative estimate of drug-likeness (QED) is 0.847. The molecule has 0 heterocycles. The zero-order chi connectivity index (χ0) is 13.9. The molecular formula is C12H14F3N3. The van der Waals surface area contributed by atoms with Gasteiger partial charge in [-0.25, -0.2) is 0 Å². The highest BCUT2D eigenvalue weighted by Crippen LogP contribution is 2.37. The Hall–Kier alpha value is -1.90. The zero-order valence-corrected chi connectivity index (χ0v) is 10.1. The summed E-state index contributed by atoms with van der Waals surface area (Å²) < 4.78 is 38.6. The molecule has 0 bridgehead atoms. The van der Waals surface area contributed by atoms with Crippen LogP contribution < -0.4 is 10.6 Å². The molecule has 0 radical (unpaired) electrons. The van der Waals surface area contributed by atoms with Crippen molar-refractivity contribution < 1.29 is 13.2 Å². The first-order valence-corrected chi connectivity index (χ1v) is 5.33. The van der Waals surface area contributed by atoms with E-state index in [2.05, 4.69) is 0 Å². The highest BCUT2D eigenvalue weighted by molar-refractivity contribution is 5.60. The van der Waals surface area contributed by atoms with Gasteiger partial charge in [-0.1, -0.05) is 0 Å². The first kappa shape index (κ1) is 14.2. The van der Waals surface area contributed by atoms with Crippen LogP contribution in [0.4, 0.5) is 24.5 Å². The number of nitrogens with zero attached hydrogens (tertiary/aromatic N) is 2. The van der Waals surface area contributed by atoms with Gasteiger partial charge in [0.15, 0.2) is 0 Å². The maximum atomic E-state index is 12.9. The van der Waals surface area contributed by atoms with Gasteiger partial charge in [0, 0.05) is 25.0 Å². The third-order valence-electron chi connectivity index (χ3n) is 2.51. The lowest BCUT2D eigenvalue weighted by Gasteiger charge is -2.24. The van der Waals surface area contributed by atoms with E-state index in [1.807, 2.05) is 6.07 Å². The average Bonchev–Trinajstić information content (AvgIpc) is 2.27. The van der Waals surface area contributed by atoms with Crippen LogP contribution in [-0.4, -0.2) is 13.6 Å². The van der Waals surface area contributed by atoms with Crippen LogP contribution in [0.3, 0.4) is 0 Å². The number of nitrogen functional groups attached to an aromatic ring is 1. The minimum absolute atomic E-state index is 0.0267. The van der Waals surface area contributed by atoms with E-state index in [0.29, 0.717) is 0 Å². The second-order valence-corrected chi connectivity index (χ2v) is 4.19. The summed E-state index contributed by atoms with van der Waals surface area (Å²) in [6.45, 7) is 1.88. The lowest BCUT2D eigenvalue weighted by atomic mass is 10.1. The minimum atomic E-state index is -4.46. The van der Waals surface area contributed by atoms with E-state index in [-0.39, 0.29) is 23.8 Å². The van der Waals surface area contributed by atoms with Gasteiger partial charge in [0.2, 0.25) is 0 Å². The van der Waals surface area contributed by atoms with Crippen molar-refractivity contribution in [1.82, 2.24) is 0 Å². The Morgan fingerprint density at radius 1 is 1.44 bits per heavy atom. The maximum Gasteiger partial charge on any atom is 0.418 e. The summed E-state index contributed by atoms with van der Waals surface area (Å²) in [6.07, 6.45) is -4.46. The average molecular weight is 257 g/mol. The molecule has 0 aliphatic heterocycles. The number of hydrogen-bond acceptors (Lipinski definition) is 3. The fourth-order valence-electron chi connectivity index (χ4n) is 1.66. The first-order chi connectivity index (χ1) is 8.25.